The van der Waals surface area contributed by atoms with Gasteiger partial charge in [0.1, 0.15) is 5.75 Å². The predicted molar refractivity (Wildman–Crippen MR) is 75.9 cm³/mol. The third kappa shape index (κ3) is 6.65. The number of aryl methyl sites for hydroxylation is 1. The van der Waals surface area contributed by atoms with E-state index in [1.54, 1.807) is 12.1 Å². The van der Waals surface area contributed by atoms with Gasteiger partial charge in [0, 0.05) is 13.2 Å². The topological polar surface area (TPSA) is 29.5 Å². The Morgan fingerprint density at radius 2 is 1.78 bits per heavy atom. The van der Waals surface area contributed by atoms with Crippen LogP contribution >= 0.6 is 0 Å². The summed E-state index contributed by atoms with van der Waals surface area (Å²) in [6, 6.07) is 7.42. The van der Waals surface area contributed by atoms with E-state index in [9.17, 15) is 0 Å². The number of phenolic OH excluding ortho intramolecular Hbond substituents is 1. The van der Waals surface area contributed by atoms with Gasteiger partial charge in [-0.15, -0.1) is 0 Å². The smallest absolute Gasteiger partial charge is 0.115 e. The van der Waals surface area contributed by atoms with Crippen LogP contribution < -0.4 is 0 Å². The molecule has 0 radical (unpaired) electrons. The van der Waals surface area contributed by atoms with E-state index < -0.39 is 0 Å². The van der Waals surface area contributed by atoms with Gasteiger partial charge in [-0.2, -0.15) is 0 Å². The van der Waals surface area contributed by atoms with Crippen molar-refractivity contribution in [3.63, 3.8) is 0 Å². The number of benzene rings is 1. The average Bonchev–Trinajstić information content (AvgIpc) is 2.39. The largest absolute Gasteiger partial charge is 0.508 e. The average molecular weight is 250 g/mol. The molecule has 0 aliphatic rings. The van der Waals surface area contributed by atoms with Crippen molar-refractivity contribution < 1.29 is 9.84 Å². The minimum Gasteiger partial charge on any atom is -0.508 e. The van der Waals surface area contributed by atoms with E-state index in [-0.39, 0.29) is 0 Å². The van der Waals surface area contributed by atoms with Gasteiger partial charge in [0.15, 0.2) is 0 Å². The summed E-state index contributed by atoms with van der Waals surface area (Å²) in [6.45, 7) is 6.26. The van der Waals surface area contributed by atoms with Gasteiger partial charge in [0.05, 0.1) is 0 Å². The van der Waals surface area contributed by atoms with Crippen LogP contribution in [0, 0.1) is 5.92 Å². The molecule has 18 heavy (non-hydrogen) atoms. The summed E-state index contributed by atoms with van der Waals surface area (Å²) in [5, 5.41) is 9.17. The lowest BCUT2D eigenvalue weighted by Gasteiger charge is -2.08. The Kier molecular flexibility index (Phi) is 7.51. The molecule has 0 amide bonds. The molecule has 2 heteroatoms. The van der Waals surface area contributed by atoms with E-state index in [2.05, 4.69) is 13.8 Å². The Hall–Kier alpha value is -1.02. The van der Waals surface area contributed by atoms with Crippen molar-refractivity contribution in [1.29, 1.82) is 0 Å². The van der Waals surface area contributed by atoms with Crippen molar-refractivity contribution in [2.24, 2.45) is 5.92 Å². The quantitative estimate of drug-likeness (QED) is 0.667. The lowest BCUT2D eigenvalue weighted by Crippen LogP contribution is -2.01. The number of ether oxygens (including phenoxy) is 1. The number of rotatable bonds is 9. The summed E-state index contributed by atoms with van der Waals surface area (Å²) < 4.78 is 5.62. The Bertz CT molecular complexity index is 305. The maximum Gasteiger partial charge on any atom is 0.115 e. The predicted octanol–water partition coefficient (Wildman–Crippen LogP) is 4.17. The van der Waals surface area contributed by atoms with E-state index in [0.717, 1.165) is 32.0 Å². The molecule has 1 N–H and O–H groups in total. The maximum absolute atomic E-state index is 9.17. The van der Waals surface area contributed by atoms with Crippen molar-refractivity contribution in [3.8, 4) is 5.75 Å². The molecule has 0 aliphatic heterocycles. The molecule has 1 aromatic carbocycles. The van der Waals surface area contributed by atoms with Crippen LogP contribution in [0.5, 0.6) is 5.75 Å². The third-order valence-corrected chi connectivity index (χ3v) is 3.37. The lowest BCUT2D eigenvalue weighted by atomic mass is 10.0. The fourth-order valence-corrected chi connectivity index (χ4v) is 1.88. The number of hydrogen-bond donors (Lipinski definition) is 1. The van der Waals surface area contributed by atoms with Crippen LogP contribution in [0.25, 0.3) is 0 Å². The van der Waals surface area contributed by atoms with Gasteiger partial charge >= 0.3 is 0 Å². The van der Waals surface area contributed by atoms with E-state index in [4.69, 9.17) is 9.84 Å². The van der Waals surface area contributed by atoms with Gasteiger partial charge in [0.25, 0.3) is 0 Å². The highest BCUT2D eigenvalue weighted by molar-refractivity contribution is 5.25. The minimum atomic E-state index is 0.333. The summed E-state index contributed by atoms with van der Waals surface area (Å²) >= 11 is 0. The highest BCUT2D eigenvalue weighted by atomic mass is 16.5. The zero-order chi connectivity index (χ0) is 13.2. The Morgan fingerprint density at radius 3 is 2.44 bits per heavy atom. The SMILES string of the molecule is CC[C@H](C)CCCOCCCc1ccc(O)cc1. The molecule has 0 aliphatic carbocycles. The molecule has 2 nitrogen and oxygen atoms in total. The summed E-state index contributed by atoms with van der Waals surface area (Å²) in [5.41, 5.74) is 1.26. The van der Waals surface area contributed by atoms with Crippen molar-refractivity contribution >= 4 is 0 Å². The van der Waals surface area contributed by atoms with Crippen LogP contribution in [0.1, 0.15) is 45.1 Å². The second-order valence-electron chi connectivity index (χ2n) is 5.04. The zero-order valence-electron chi connectivity index (χ0n) is 11.7. The van der Waals surface area contributed by atoms with E-state index >= 15 is 0 Å². The fourth-order valence-electron chi connectivity index (χ4n) is 1.88. The first kappa shape index (κ1) is 15.0. The van der Waals surface area contributed by atoms with Gasteiger partial charge in [-0.1, -0.05) is 32.4 Å². The van der Waals surface area contributed by atoms with Gasteiger partial charge < -0.3 is 9.84 Å². The molecule has 0 spiro atoms. The first-order chi connectivity index (χ1) is 8.72. The van der Waals surface area contributed by atoms with Crippen molar-refractivity contribution in [3.05, 3.63) is 29.8 Å². The Morgan fingerprint density at radius 1 is 1.11 bits per heavy atom. The minimum absolute atomic E-state index is 0.333. The Labute approximate surface area is 111 Å². The van der Waals surface area contributed by atoms with Crippen LogP contribution in [0.15, 0.2) is 24.3 Å². The van der Waals surface area contributed by atoms with Crippen LogP contribution in [-0.2, 0) is 11.2 Å². The standard InChI is InChI=1S/C16H26O2/c1-3-14(2)6-4-12-18-13-5-7-15-8-10-16(17)11-9-15/h8-11,14,17H,3-7,12-13H2,1-2H3/t14-/m0/s1. The summed E-state index contributed by atoms with van der Waals surface area (Å²) in [7, 11) is 0. The monoisotopic (exact) mass is 250 g/mol. The Balaban J connectivity index is 1.97. The molecule has 0 saturated carbocycles. The van der Waals surface area contributed by atoms with Gasteiger partial charge in [-0.05, 0) is 49.3 Å². The van der Waals surface area contributed by atoms with Gasteiger partial charge in [-0.25, -0.2) is 0 Å². The first-order valence-electron chi connectivity index (χ1n) is 7.08. The molecule has 0 saturated heterocycles. The molecule has 1 aromatic rings. The van der Waals surface area contributed by atoms with Crippen molar-refractivity contribution in [2.45, 2.75) is 46.0 Å². The normalized spacial score (nSPS) is 12.6. The second-order valence-corrected chi connectivity index (χ2v) is 5.04. The lowest BCUT2D eigenvalue weighted by molar-refractivity contribution is 0.125. The molecule has 102 valence electrons. The molecule has 0 aromatic heterocycles. The fraction of sp³-hybridized carbons (Fsp3) is 0.625. The van der Waals surface area contributed by atoms with Gasteiger partial charge in [0.2, 0.25) is 0 Å². The molecule has 1 rings (SSSR count). The maximum atomic E-state index is 9.17. The van der Waals surface area contributed by atoms with Crippen LogP contribution in [-0.4, -0.2) is 18.3 Å². The summed E-state index contributed by atoms with van der Waals surface area (Å²) in [4.78, 5) is 0. The van der Waals surface area contributed by atoms with E-state index in [1.165, 1.54) is 24.8 Å². The molecule has 0 unspecified atom stereocenters. The van der Waals surface area contributed by atoms with Crippen molar-refractivity contribution in [1.82, 2.24) is 0 Å². The van der Waals surface area contributed by atoms with Crippen LogP contribution in [0.3, 0.4) is 0 Å². The molecule has 0 bridgehead atoms. The zero-order valence-corrected chi connectivity index (χ0v) is 11.7. The number of phenols is 1. The van der Waals surface area contributed by atoms with Gasteiger partial charge in [-0.3, -0.25) is 0 Å². The van der Waals surface area contributed by atoms with Crippen LogP contribution in [0.4, 0.5) is 0 Å². The van der Waals surface area contributed by atoms with E-state index in [0.29, 0.717) is 5.75 Å². The van der Waals surface area contributed by atoms with Crippen molar-refractivity contribution in [2.75, 3.05) is 13.2 Å². The number of hydrogen-bond acceptors (Lipinski definition) is 2. The summed E-state index contributed by atoms with van der Waals surface area (Å²) in [6.07, 6.45) is 5.78. The highest BCUT2D eigenvalue weighted by Crippen LogP contribution is 2.11. The third-order valence-electron chi connectivity index (χ3n) is 3.37. The summed E-state index contributed by atoms with van der Waals surface area (Å²) in [5.74, 6) is 1.16. The molecule has 0 fully saturated rings. The van der Waals surface area contributed by atoms with E-state index in [1.807, 2.05) is 12.1 Å². The first-order valence-corrected chi connectivity index (χ1v) is 7.08. The molecule has 0 heterocycles. The highest BCUT2D eigenvalue weighted by Gasteiger charge is 1.98. The van der Waals surface area contributed by atoms with Crippen LogP contribution in [0.2, 0.25) is 0 Å². The number of aromatic hydroxyl groups is 1. The second kappa shape index (κ2) is 8.98. The molecular formula is C16H26O2. The molecular weight excluding hydrogens is 224 g/mol. The molecule has 1 atom stereocenters.